The largest absolute Gasteiger partial charge is 0.249 e. The fraction of sp³-hybridized carbons (Fsp3) is 0.308. The van der Waals surface area contributed by atoms with Crippen molar-refractivity contribution in [2.24, 2.45) is 0 Å². The minimum Gasteiger partial charge on any atom is -0.249 e. The molecule has 0 amide bonds. The Balaban J connectivity index is 1.92. The molecule has 0 saturated carbocycles. The molecule has 0 fully saturated rings. The minimum atomic E-state index is -3.42. The number of halogens is 2. The Kier molecular flexibility index (Phi) is 5.62. The molecule has 0 aliphatic rings. The maximum Gasteiger partial charge on any atom is 0.215 e. The summed E-state index contributed by atoms with van der Waals surface area (Å²) in [7, 11) is -3.42. The Hall–Kier alpha value is -0.660. The van der Waals surface area contributed by atoms with Crippen LogP contribution in [0, 0.1) is 6.92 Å². The average molecular weight is 365 g/mol. The van der Waals surface area contributed by atoms with E-state index in [1.807, 2.05) is 6.92 Å². The number of nitrogens with one attached hydrogen (secondary N) is 1. The van der Waals surface area contributed by atoms with Gasteiger partial charge in [0.25, 0.3) is 0 Å². The molecule has 1 aromatic carbocycles. The third kappa shape index (κ3) is 5.56. The predicted octanol–water partition coefficient (Wildman–Crippen LogP) is 3.42. The summed E-state index contributed by atoms with van der Waals surface area (Å²) in [5.41, 5.74) is 0.560. The normalized spacial score (nSPS) is 11.8. The number of hydrogen-bond donors (Lipinski definition) is 1. The minimum absolute atomic E-state index is 0.149. The fourth-order valence-electron chi connectivity index (χ4n) is 1.80. The molecular weight excluding hydrogens is 351 g/mol. The molecule has 1 N–H and O–H groups in total. The lowest BCUT2D eigenvalue weighted by atomic mass is 10.2. The maximum absolute atomic E-state index is 12.0. The number of sulfonamides is 1. The van der Waals surface area contributed by atoms with Crippen molar-refractivity contribution in [2.45, 2.75) is 19.1 Å². The summed E-state index contributed by atoms with van der Waals surface area (Å²) in [6.07, 6.45) is 2.36. The molecule has 0 atom stereocenters. The Bertz CT molecular complexity index is 709. The first-order chi connectivity index (χ1) is 9.84. The van der Waals surface area contributed by atoms with Gasteiger partial charge in [-0.1, -0.05) is 23.2 Å². The smallest absolute Gasteiger partial charge is 0.215 e. The van der Waals surface area contributed by atoms with Crippen molar-refractivity contribution in [3.8, 4) is 0 Å². The van der Waals surface area contributed by atoms with Crippen molar-refractivity contribution in [1.82, 2.24) is 9.71 Å². The molecule has 0 saturated heterocycles. The van der Waals surface area contributed by atoms with Gasteiger partial charge >= 0.3 is 0 Å². The second-order valence-electron chi connectivity index (χ2n) is 4.55. The highest BCUT2D eigenvalue weighted by Crippen LogP contribution is 2.20. The number of nitrogens with zero attached hydrogens (tertiary/aromatic N) is 1. The molecule has 0 radical (unpaired) electrons. The van der Waals surface area contributed by atoms with Crippen molar-refractivity contribution in [3.05, 3.63) is 49.9 Å². The summed E-state index contributed by atoms with van der Waals surface area (Å²) in [6.45, 7) is 2.29. The Labute approximate surface area is 138 Å². The highest BCUT2D eigenvalue weighted by molar-refractivity contribution is 7.88. The van der Waals surface area contributed by atoms with Gasteiger partial charge in [0.15, 0.2) is 0 Å². The van der Waals surface area contributed by atoms with Gasteiger partial charge < -0.3 is 0 Å². The van der Waals surface area contributed by atoms with Crippen molar-refractivity contribution in [3.63, 3.8) is 0 Å². The standard InChI is InChI=1S/C13H14Cl2N2O2S2/c1-9-7-16-13(20-9)2-3-17-21(18,19)8-10-4-11(14)6-12(15)5-10/h4-7,17H,2-3,8H2,1H3. The van der Waals surface area contributed by atoms with E-state index in [9.17, 15) is 8.42 Å². The summed E-state index contributed by atoms with van der Waals surface area (Å²) >= 11 is 13.3. The molecule has 0 bridgehead atoms. The molecule has 0 aliphatic carbocycles. The molecule has 4 nitrogen and oxygen atoms in total. The summed E-state index contributed by atoms with van der Waals surface area (Å²) in [6, 6.07) is 4.76. The van der Waals surface area contributed by atoms with E-state index in [1.54, 1.807) is 35.7 Å². The summed E-state index contributed by atoms with van der Waals surface area (Å²) in [5, 5.41) is 1.76. The third-order valence-electron chi connectivity index (χ3n) is 2.61. The van der Waals surface area contributed by atoms with Gasteiger partial charge in [-0.3, -0.25) is 0 Å². The first kappa shape index (κ1) is 16.7. The molecule has 1 aromatic heterocycles. The second kappa shape index (κ2) is 7.07. The number of benzene rings is 1. The van der Waals surface area contributed by atoms with Crippen molar-refractivity contribution in [1.29, 1.82) is 0 Å². The lowest BCUT2D eigenvalue weighted by molar-refractivity contribution is 0.580. The van der Waals surface area contributed by atoms with Gasteiger partial charge in [-0.05, 0) is 30.7 Å². The zero-order valence-electron chi connectivity index (χ0n) is 11.3. The first-order valence-electron chi connectivity index (χ1n) is 6.18. The van der Waals surface area contributed by atoms with Crippen LogP contribution in [-0.4, -0.2) is 19.9 Å². The van der Waals surface area contributed by atoms with Crippen LogP contribution in [0.25, 0.3) is 0 Å². The van der Waals surface area contributed by atoms with Crippen LogP contribution in [0.1, 0.15) is 15.4 Å². The van der Waals surface area contributed by atoms with Crippen LogP contribution in [0.2, 0.25) is 10.0 Å². The molecule has 0 unspecified atom stereocenters. The zero-order chi connectivity index (χ0) is 15.5. The zero-order valence-corrected chi connectivity index (χ0v) is 14.4. The molecule has 1 heterocycles. The molecular formula is C13H14Cl2N2O2S2. The average Bonchev–Trinajstić information content (AvgIpc) is 2.72. The van der Waals surface area contributed by atoms with E-state index in [0.29, 0.717) is 28.6 Å². The quantitative estimate of drug-likeness (QED) is 0.853. The molecule has 21 heavy (non-hydrogen) atoms. The topological polar surface area (TPSA) is 59.1 Å². The van der Waals surface area contributed by atoms with Crippen LogP contribution in [-0.2, 0) is 22.2 Å². The maximum atomic E-state index is 12.0. The van der Waals surface area contributed by atoms with Crippen LogP contribution >= 0.6 is 34.5 Å². The van der Waals surface area contributed by atoms with Gasteiger partial charge in [0.05, 0.1) is 10.8 Å². The van der Waals surface area contributed by atoms with Gasteiger partial charge in [0, 0.05) is 34.1 Å². The first-order valence-corrected chi connectivity index (χ1v) is 9.40. The van der Waals surface area contributed by atoms with E-state index in [1.165, 1.54) is 0 Å². The van der Waals surface area contributed by atoms with Gasteiger partial charge in [0.1, 0.15) is 0 Å². The summed E-state index contributed by atoms with van der Waals surface area (Å²) in [5.74, 6) is -0.149. The molecule has 2 aromatic rings. The second-order valence-corrected chi connectivity index (χ2v) is 8.54. The molecule has 0 aliphatic heterocycles. The van der Waals surface area contributed by atoms with Gasteiger partial charge in [-0.25, -0.2) is 18.1 Å². The van der Waals surface area contributed by atoms with Gasteiger partial charge in [-0.15, -0.1) is 11.3 Å². The van der Waals surface area contributed by atoms with Crippen molar-refractivity contribution in [2.75, 3.05) is 6.54 Å². The van der Waals surface area contributed by atoms with Crippen LogP contribution in [0.5, 0.6) is 0 Å². The van der Waals surface area contributed by atoms with Gasteiger partial charge in [0.2, 0.25) is 10.0 Å². The Morgan fingerprint density at radius 3 is 2.48 bits per heavy atom. The number of hydrogen-bond acceptors (Lipinski definition) is 4. The number of thiazole rings is 1. The highest BCUT2D eigenvalue weighted by Gasteiger charge is 2.12. The van der Waals surface area contributed by atoms with E-state index in [2.05, 4.69) is 9.71 Å². The van der Waals surface area contributed by atoms with E-state index in [4.69, 9.17) is 23.2 Å². The molecule has 2 rings (SSSR count). The molecule has 8 heteroatoms. The van der Waals surface area contributed by atoms with Crippen LogP contribution in [0.3, 0.4) is 0 Å². The van der Waals surface area contributed by atoms with E-state index < -0.39 is 10.0 Å². The third-order valence-corrected chi connectivity index (χ3v) is 5.38. The molecule has 114 valence electrons. The molecule has 0 spiro atoms. The predicted molar refractivity (Wildman–Crippen MR) is 87.6 cm³/mol. The van der Waals surface area contributed by atoms with Crippen molar-refractivity contribution < 1.29 is 8.42 Å². The van der Waals surface area contributed by atoms with Crippen LogP contribution in [0.15, 0.2) is 24.4 Å². The van der Waals surface area contributed by atoms with Crippen molar-refractivity contribution >= 4 is 44.6 Å². The lowest BCUT2D eigenvalue weighted by Gasteiger charge is -2.07. The number of aryl methyl sites for hydroxylation is 1. The van der Waals surface area contributed by atoms with Gasteiger partial charge in [-0.2, -0.15) is 0 Å². The van der Waals surface area contributed by atoms with Crippen LogP contribution in [0.4, 0.5) is 0 Å². The number of rotatable bonds is 6. The monoisotopic (exact) mass is 364 g/mol. The highest BCUT2D eigenvalue weighted by atomic mass is 35.5. The Morgan fingerprint density at radius 1 is 1.24 bits per heavy atom. The Morgan fingerprint density at radius 2 is 1.90 bits per heavy atom. The number of aromatic nitrogens is 1. The SMILES string of the molecule is Cc1cnc(CCNS(=O)(=O)Cc2cc(Cl)cc(Cl)c2)s1. The van der Waals surface area contributed by atoms with Crippen LogP contribution < -0.4 is 4.72 Å². The van der Waals surface area contributed by atoms with E-state index in [-0.39, 0.29) is 5.75 Å². The lowest BCUT2D eigenvalue weighted by Crippen LogP contribution is -2.27. The summed E-state index contributed by atoms with van der Waals surface area (Å²) < 4.78 is 26.6. The fourth-order valence-corrected chi connectivity index (χ4v) is 4.27. The summed E-state index contributed by atoms with van der Waals surface area (Å²) in [4.78, 5) is 5.30. The van der Waals surface area contributed by atoms with E-state index >= 15 is 0 Å². The van der Waals surface area contributed by atoms with E-state index in [0.717, 1.165) is 9.88 Å².